The number of likely N-dealkylation sites (tertiary alicyclic amines) is 1. The van der Waals surface area contributed by atoms with Gasteiger partial charge >= 0.3 is 0 Å². The monoisotopic (exact) mass is 340 g/mol. The maximum Gasteiger partial charge on any atom is 0.270 e. The molecule has 4 rings (SSSR count). The Morgan fingerprint density at radius 1 is 1.44 bits per heavy atom. The second-order valence-corrected chi connectivity index (χ2v) is 6.08. The number of pyridine rings is 1. The van der Waals surface area contributed by atoms with Crippen LogP contribution in [0.2, 0.25) is 0 Å². The molecule has 1 saturated heterocycles. The highest BCUT2D eigenvalue weighted by molar-refractivity contribution is 5.94. The van der Waals surface area contributed by atoms with Crippen LogP contribution in [0, 0.1) is 6.92 Å². The van der Waals surface area contributed by atoms with E-state index in [0.717, 1.165) is 12.8 Å². The maximum absolute atomic E-state index is 12.9. The van der Waals surface area contributed by atoms with Crippen molar-refractivity contribution >= 4 is 11.6 Å². The van der Waals surface area contributed by atoms with Crippen LogP contribution in [0.3, 0.4) is 0 Å². The van der Waals surface area contributed by atoms with E-state index in [9.17, 15) is 14.7 Å². The Balaban J connectivity index is 1.74. The normalized spacial score (nSPS) is 17.3. The number of aryl methyl sites for hydroxylation is 1. The van der Waals surface area contributed by atoms with Crippen molar-refractivity contribution in [2.45, 2.75) is 25.8 Å². The van der Waals surface area contributed by atoms with Crippen LogP contribution in [-0.4, -0.2) is 37.0 Å². The minimum absolute atomic E-state index is 0.0322. The molecule has 1 fully saturated rings. The summed E-state index contributed by atoms with van der Waals surface area (Å²) in [7, 11) is 0. The molecular weight excluding hydrogens is 324 g/mol. The van der Waals surface area contributed by atoms with Gasteiger partial charge in [-0.05, 0) is 31.9 Å². The molecule has 1 amide bonds. The minimum atomic E-state index is -0.507. The molecule has 0 saturated carbocycles. The van der Waals surface area contributed by atoms with Gasteiger partial charge in [0.05, 0.1) is 6.04 Å². The first-order chi connectivity index (χ1) is 12.1. The first-order valence-corrected chi connectivity index (χ1v) is 8.00. The van der Waals surface area contributed by atoms with E-state index < -0.39 is 11.5 Å². The van der Waals surface area contributed by atoms with E-state index in [4.69, 9.17) is 4.52 Å². The summed E-state index contributed by atoms with van der Waals surface area (Å²) in [5.41, 5.74) is 0.270. The predicted molar refractivity (Wildman–Crippen MR) is 87.4 cm³/mol. The molecule has 0 radical (unpaired) electrons. The molecule has 25 heavy (non-hydrogen) atoms. The van der Waals surface area contributed by atoms with Crippen molar-refractivity contribution in [2.75, 3.05) is 6.54 Å². The summed E-state index contributed by atoms with van der Waals surface area (Å²) in [6.45, 7) is 2.33. The average Bonchev–Trinajstić information content (AvgIpc) is 3.24. The van der Waals surface area contributed by atoms with Crippen molar-refractivity contribution in [1.29, 1.82) is 0 Å². The van der Waals surface area contributed by atoms with Crippen LogP contribution in [0.5, 0.6) is 5.75 Å². The van der Waals surface area contributed by atoms with Gasteiger partial charge in [0.25, 0.3) is 11.5 Å². The lowest BCUT2D eigenvalue weighted by Crippen LogP contribution is -2.35. The largest absolute Gasteiger partial charge is 0.504 e. The molecule has 0 aromatic carbocycles. The van der Waals surface area contributed by atoms with Crippen molar-refractivity contribution in [1.82, 2.24) is 19.4 Å². The molecule has 1 atom stereocenters. The van der Waals surface area contributed by atoms with E-state index in [2.05, 4.69) is 10.1 Å². The van der Waals surface area contributed by atoms with Gasteiger partial charge in [0, 0.05) is 25.0 Å². The van der Waals surface area contributed by atoms with E-state index in [1.807, 2.05) is 0 Å². The fourth-order valence-electron chi connectivity index (χ4n) is 3.25. The quantitative estimate of drug-likeness (QED) is 0.761. The number of hydrogen-bond donors (Lipinski definition) is 1. The average molecular weight is 340 g/mol. The zero-order valence-electron chi connectivity index (χ0n) is 13.5. The van der Waals surface area contributed by atoms with Gasteiger partial charge in [0.1, 0.15) is 17.0 Å². The molecule has 0 bridgehead atoms. The smallest absolute Gasteiger partial charge is 0.270 e. The second kappa shape index (κ2) is 5.73. The zero-order valence-corrected chi connectivity index (χ0v) is 13.5. The third kappa shape index (κ3) is 2.46. The predicted octanol–water partition coefficient (Wildman–Crippen LogP) is 1.67. The van der Waals surface area contributed by atoms with Crippen molar-refractivity contribution in [3.05, 3.63) is 58.0 Å². The Morgan fingerprint density at radius 2 is 2.28 bits per heavy atom. The van der Waals surface area contributed by atoms with Gasteiger partial charge in [0.15, 0.2) is 11.4 Å². The van der Waals surface area contributed by atoms with E-state index in [1.165, 1.54) is 28.9 Å². The lowest BCUT2D eigenvalue weighted by Gasteiger charge is -2.22. The van der Waals surface area contributed by atoms with Gasteiger partial charge in [-0.1, -0.05) is 5.16 Å². The highest BCUT2D eigenvalue weighted by Gasteiger charge is 2.34. The highest BCUT2D eigenvalue weighted by Crippen LogP contribution is 2.32. The fraction of sp³-hybridized carbons (Fsp3) is 0.294. The second-order valence-electron chi connectivity index (χ2n) is 6.08. The molecule has 8 nitrogen and oxygen atoms in total. The number of rotatable bonds is 2. The number of carbonyl (C=O) groups is 1. The molecule has 3 aromatic rings. The maximum atomic E-state index is 12.9. The van der Waals surface area contributed by atoms with Crippen molar-refractivity contribution in [3.63, 3.8) is 0 Å². The molecule has 128 valence electrons. The summed E-state index contributed by atoms with van der Waals surface area (Å²) < 4.78 is 6.29. The van der Waals surface area contributed by atoms with E-state index in [1.54, 1.807) is 17.9 Å². The van der Waals surface area contributed by atoms with Crippen LogP contribution < -0.4 is 5.56 Å². The standard InChI is InChI=1S/C17H16N4O4/c1-10-8-12(19-25-10)13-4-2-6-20(13)16(23)11-9-18-15-14(22)5-3-7-21(15)17(11)24/h3,5,7-9,13,22H,2,4,6H2,1H3. The molecule has 1 unspecified atom stereocenters. The van der Waals surface area contributed by atoms with Crippen molar-refractivity contribution < 1.29 is 14.4 Å². The Hall–Kier alpha value is -3.16. The first-order valence-electron chi connectivity index (χ1n) is 8.00. The number of aromatic hydroxyl groups is 1. The first kappa shape index (κ1) is 15.4. The third-order valence-corrected chi connectivity index (χ3v) is 4.44. The molecule has 0 aliphatic carbocycles. The van der Waals surface area contributed by atoms with E-state index in [0.29, 0.717) is 18.0 Å². The number of carbonyl (C=O) groups excluding carboxylic acids is 1. The summed E-state index contributed by atoms with van der Waals surface area (Å²) in [5, 5.41) is 13.8. The Labute approximate surface area is 142 Å². The van der Waals surface area contributed by atoms with Crippen LogP contribution in [0.25, 0.3) is 5.65 Å². The number of amides is 1. The topological polar surface area (TPSA) is 101 Å². The summed E-state index contributed by atoms with van der Waals surface area (Å²) in [6, 6.07) is 4.55. The molecule has 1 N–H and O–H groups in total. The number of aromatic nitrogens is 3. The van der Waals surface area contributed by atoms with Gasteiger partial charge in [-0.3, -0.25) is 14.0 Å². The Kier molecular flexibility index (Phi) is 3.52. The molecule has 0 spiro atoms. The van der Waals surface area contributed by atoms with Gasteiger partial charge in [-0.2, -0.15) is 0 Å². The van der Waals surface area contributed by atoms with E-state index in [-0.39, 0.29) is 23.0 Å². The molecule has 4 heterocycles. The third-order valence-electron chi connectivity index (χ3n) is 4.44. The summed E-state index contributed by atoms with van der Waals surface area (Å²) in [5.74, 6) is 0.173. The number of hydrogen-bond acceptors (Lipinski definition) is 6. The minimum Gasteiger partial charge on any atom is -0.504 e. The summed E-state index contributed by atoms with van der Waals surface area (Å²) in [6.07, 6.45) is 4.29. The Morgan fingerprint density at radius 3 is 3.04 bits per heavy atom. The highest BCUT2D eigenvalue weighted by atomic mass is 16.5. The Bertz CT molecular complexity index is 1020. The van der Waals surface area contributed by atoms with Crippen LogP contribution in [0.4, 0.5) is 0 Å². The van der Waals surface area contributed by atoms with Crippen molar-refractivity contribution in [3.8, 4) is 5.75 Å². The van der Waals surface area contributed by atoms with Gasteiger partial charge in [-0.25, -0.2) is 4.98 Å². The summed E-state index contributed by atoms with van der Waals surface area (Å²) in [4.78, 5) is 31.3. The molecule has 8 heteroatoms. The number of fused-ring (bicyclic) bond motifs is 1. The van der Waals surface area contributed by atoms with Crippen LogP contribution >= 0.6 is 0 Å². The molecule has 3 aromatic heterocycles. The van der Waals surface area contributed by atoms with Crippen molar-refractivity contribution in [2.24, 2.45) is 0 Å². The summed E-state index contributed by atoms with van der Waals surface area (Å²) >= 11 is 0. The number of nitrogens with zero attached hydrogens (tertiary/aromatic N) is 4. The lowest BCUT2D eigenvalue weighted by molar-refractivity contribution is 0.0728. The lowest BCUT2D eigenvalue weighted by atomic mass is 10.1. The SMILES string of the molecule is Cc1cc(C2CCCN2C(=O)c2cnc3c(O)cccn3c2=O)no1. The van der Waals surface area contributed by atoms with Gasteiger partial charge in [-0.15, -0.1) is 0 Å². The van der Waals surface area contributed by atoms with Crippen LogP contribution in [0.1, 0.15) is 40.7 Å². The van der Waals surface area contributed by atoms with E-state index >= 15 is 0 Å². The molecular formula is C17H16N4O4. The van der Waals surface area contributed by atoms with Gasteiger partial charge in [0.2, 0.25) is 0 Å². The fourth-order valence-corrected chi connectivity index (χ4v) is 3.25. The van der Waals surface area contributed by atoms with Crippen LogP contribution in [0.15, 0.2) is 39.9 Å². The van der Waals surface area contributed by atoms with Crippen LogP contribution in [-0.2, 0) is 0 Å². The zero-order chi connectivity index (χ0) is 17.6. The van der Waals surface area contributed by atoms with Gasteiger partial charge < -0.3 is 14.5 Å². The molecule has 1 aliphatic rings. The molecule has 1 aliphatic heterocycles.